The van der Waals surface area contributed by atoms with Crippen LogP contribution < -0.4 is 0 Å². The number of epoxide rings is 1. The minimum atomic E-state index is -0.756. The average Bonchev–Trinajstić information content (AvgIpc) is 3.46. The maximum absolute atomic E-state index is 12.6. The van der Waals surface area contributed by atoms with E-state index in [2.05, 4.69) is 76.2 Å². The van der Waals surface area contributed by atoms with Crippen molar-refractivity contribution in [1.29, 1.82) is 0 Å². The molecular formula is C44H74O7. The first-order chi connectivity index (χ1) is 23.6. The van der Waals surface area contributed by atoms with E-state index in [0.717, 1.165) is 37.0 Å². The molecular weight excluding hydrogens is 640 g/mol. The Morgan fingerprint density at radius 3 is 2.02 bits per heavy atom. The molecule has 2 aliphatic heterocycles. The van der Waals surface area contributed by atoms with E-state index in [0.29, 0.717) is 35.0 Å². The van der Waals surface area contributed by atoms with Crippen molar-refractivity contribution in [1.82, 2.24) is 0 Å². The molecule has 292 valence electrons. The number of rotatable bonds is 9. The van der Waals surface area contributed by atoms with Crippen molar-refractivity contribution in [3.63, 3.8) is 0 Å². The van der Waals surface area contributed by atoms with Gasteiger partial charge in [0.15, 0.2) is 12.4 Å². The van der Waals surface area contributed by atoms with Gasteiger partial charge < -0.3 is 23.7 Å². The van der Waals surface area contributed by atoms with Crippen LogP contribution in [0.5, 0.6) is 0 Å². The van der Waals surface area contributed by atoms with Crippen molar-refractivity contribution in [3.8, 4) is 0 Å². The molecule has 4 saturated carbocycles. The lowest BCUT2D eigenvalue weighted by Crippen LogP contribution is -2.65. The normalized spacial score (nSPS) is 49.5. The molecule has 0 bridgehead atoms. The third-order valence-corrected chi connectivity index (χ3v) is 17.5. The van der Waals surface area contributed by atoms with Crippen molar-refractivity contribution >= 4 is 11.9 Å². The van der Waals surface area contributed by atoms with Gasteiger partial charge in [0.1, 0.15) is 6.10 Å². The molecule has 0 amide bonds. The van der Waals surface area contributed by atoms with Crippen LogP contribution in [0.15, 0.2) is 0 Å². The Bertz CT molecular complexity index is 1330. The van der Waals surface area contributed by atoms with Crippen LogP contribution in [-0.4, -0.2) is 53.8 Å². The number of hydrogen-bond donors (Lipinski definition) is 0. The van der Waals surface area contributed by atoms with Gasteiger partial charge in [0.25, 0.3) is 0 Å². The summed E-state index contributed by atoms with van der Waals surface area (Å²) in [5, 5.41) is 0. The van der Waals surface area contributed by atoms with Crippen molar-refractivity contribution in [2.75, 3.05) is 0 Å². The van der Waals surface area contributed by atoms with Gasteiger partial charge in [0, 0.05) is 19.8 Å². The van der Waals surface area contributed by atoms with Crippen LogP contribution in [0.1, 0.15) is 161 Å². The monoisotopic (exact) mass is 715 g/mol. The molecule has 2 saturated heterocycles. The van der Waals surface area contributed by atoms with Gasteiger partial charge in [0.2, 0.25) is 0 Å². The standard InChI is InChI=1S/C44H74O7/c1-15-31-36(47-28(5)45)27(4)37(48-29(6)46)38(49-31)51-44(14,23-19-34-40(9,10)50-34)30-17-21-43(13)35(30)25(2)24-33-41(11)20-16-26(3)39(7,8)32(41)18-22-42(33,43)12/h25-27,30-38H,15-24H2,1-14H3/t25?,26-,27-,30?,31+,32?,33?,34?,35+,36-,37+,38+,41-,42+,43+,44-/m0/s1. The first-order valence-electron chi connectivity index (χ1n) is 20.9. The summed E-state index contributed by atoms with van der Waals surface area (Å²) in [5.41, 5.74) is 0.576. The Morgan fingerprint density at radius 2 is 1.43 bits per heavy atom. The second-order valence-corrected chi connectivity index (χ2v) is 20.8. The predicted molar refractivity (Wildman–Crippen MR) is 200 cm³/mol. The first kappa shape index (κ1) is 39.5. The lowest BCUT2D eigenvalue weighted by molar-refractivity contribution is -0.326. The summed E-state index contributed by atoms with van der Waals surface area (Å²) >= 11 is 0. The molecule has 7 heteroatoms. The van der Waals surface area contributed by atoms with E-state index in [1.54, 1.807) is 0 Å². The second-order valence-electron chi connectivity index (χ2n) is 20.8. The van der Waals surface area contributed by atoms with Crippen molar-refractivity contribution in [2.24, 2.45) is 63.1 Å². The summed E-state index contributed by atoms with van der Waals surface area (Å²) in [7, 11) is 0. The highest BCUT2D eigenvalue weighted by molar-refractivity contribution is 5.67. The van der Waals surface area contributed by atoms with E-state index in [1.165, 1.54) is 52.4 Å². The van der Waals surface area contributed by atoms with E-state index < -0.39 is 24.1 Å². The van der Waals surface area contributed by atoms with Crippen LogP contribution in [0.2, 0.25) is 0 Å². The van der Waals surface area contributed by atoms with Gasteiger partial charge in [-0.05, 0) is 142 Å². The van der Waals surface area contributed by atoms with E-state index in [4.69, 9.17) is 23.7 Å². The van der Waals surface area contributed by atoms with Gasteiger partial charge in [-0.25, -0.2) is 0 Å². The summed E-state index contributed by atoms with van der Waals surface area (Å²) in [6, 6.07) is 0. The Hall–Kier alpha value is -1.18. The number of carbonyl (C=O) groups is 2. The van der Waals surface area contributed by atoms with Gasteiger partial charge >= 0.3 is 11.9 Å². The third kappa shape index (κ3) is 6.35. The maximum atomic E-state index is 12.6. The van der Waals surface area contributed by atoms with Crippen LogP contribution in [0.4, 0.5) is 0 Å². The van der Waals surface area contributed by atoms with Crippen LogP contribution in [-0.2, 0) is 33.3 Å². The van der Waals surface area contributed by atoms with Crippen molar-refractivity contribution in [3.05, 3.63) is 0 Å². The van der Waals surface area contributed by atoms with Gasteiger partial charge in [-0.1, -0.05) is 62.3 Å². The fourth-order valence-electron chi connectivity index (χ4n) is 14.1. The highest BCUT2D eigenvalue weighted by Gasteiger charge is 2.71. The minimum Gasteiger partial charge on any atom is -0.459 e. The summed E-state index contributed by atoms with van der Waals surface area (Å²) in [4.78, 5) is 24.7. The lowest BCUT2D eigenvalue weighted by Gasteiger charge is -2.71. The zero-order valence-electron chi connectivity index (χ0n) is 34.9. The first-order valence-corrected chi connectivity index (χ1v) is 20.9. The van der Waals surface area contributed by atoms with Crippen molar-refractivity contribution in [2.45, 2.75) is 203 Å². The number of fused-ring (bicyclic) bond motifs is 5. The fourth-order valence-corrected chi connectivity index (χ4v) is 14.1. The smallest absolute Gasteiger partial charge is 0.303 e. The Kier molecular flexibility index (Phi) is 10.3. The second kappa shape index (κ2) is 13.2. The van der Waals surface area contributed by atoms with Gasteiger partial charge in [-0.15, -0.1) is 0 Å². The highest BCUT2D eigenvalue weighted by atomic mass is 16.7. The lowest BCUT2D eigenvalue weighted by atomic mass is 9.34. The van der Waals surface area contributed by atoms with Crippen LogP contribution in [0.3, 0.4) is 0 Å². The Labute approximate surface area is 310 Å². The summed E-state index contributed by atoms with van der Waals surface area (Å²) in [5.74, 6) is 2.66. The Morgan fingerprint density at radius 1 is 0.824 bits per heavy atom. The van der Waals surface area contributed by atoms with Gasteiger partial charge in [0.05, 0.1) is 23.4 Å². The largest absolute Gasteiger partial charge is 0.459 e. The molecule has 0 aromatic rings. The SMILES string of the molecule is CC[C@H]1O[C@H](O[C@@](C)(CCC2OC2(C)C)C2CC[C@]3(C)[C@@H]2C(C)CC2[C@@]4(C)CC[C@H](C)C(C)(C)C4CC[C@]23C)[C@H](OC(C)=O)[C@@H](C)[C@@H]1OC(C)=O. The number of ether oxygens (including phenoxy) is 5. The molecule has 6 aliphatic rings. The van der Waals surface area contributed by atoms with E-state index in [-0.39, 0.29) is 46.5 Å². The van der Waals surface area contributed by atoms with Crippen molar-refractivity contribution < 1.29 is 33.3 Å². The molecule has 4 aliphatic carbocycles. The molecule has 51 heavy (non-hydrogen) atoms. The quantitative estimate of drug-likeness (QED) is 0.174. The molecule has 0 spiro atoms. The average molecular weight is 715 g/mol. The third-order valence-electron chi connectivity index (χ3n) is 17.5. The highest BCUT2D eigenvalue weighted by Crippen LogP contribution is 2.77. The molecule has 0 N–H and O–H groups in total. The molecule has 6 rings (SSSR count). The minimum absolute atomic E-state index is 0.107. The maximum Gasteiger partial charge on any atom is 0.303 e. The number of hydrogen-bond acceptors (Lipinski definition) is 7. The van der Waals surface area contributed by atoms with E-state index in [1.807, 2.05) is 6.92 Å². The summed E-state index contributed by atoms with van der Waals surface area (Å²) in [6.45, 7) is 31.9. The van der Waals surface area contributed by atoms with E-state index >= 15 is 0 Å². The van der Waals surface area contributed by atoms with Gasteiger partial charge in [-0.2, -0.15) is 0 Å². The fraction of sp³-hybridized carbons (Fsp3) is 0.955. The molecule has 7 nitrogen and oxygen atoms in total. The number of carbonyl (C=O) groups excluding carboxylic acids is 2. The van der Waals surface area contributed by atoms with E-state index in [9.17, 15) is 9.59 Å². The summed E-state index contributed by atoms with van der Waals surface area (Å²) in [6.07, 6.45) is 9.30. The molecule has 0 aromatic carbocycles. The predicted octanol–water partition coefficient (Wildman–Crippen LogP) is 9.92. The van der Waals surface area contributed by atoms with Crippen LogP contribution in [0.25, 0.3) is 0 Å². The van der Waals surface area contributed by atoms with Crippen LogP contribution in [0, 0.1) is 63.1 Å². The molecule has 16 atom stereocenters. The molecule has 0 aromatic heterocycles. The molecule has 2 heterocycles. The zero-order chi connectivity index (χ0) is 37.7. The molecule has 5 unspecified atom stereocenters. The topological polar surface area (TPSA) is 83.6 Å². The number of esters is 2. The summed E-state index contributed by atoms with van der Waals surface area (Å²) < 4.78 is 32.1. The molecule has 0 radical (unpaired) electrons. The molecule has 6 fully saturated rings. The zero-order valence-corrected chi connectivity index (χ0v) is 34.9. The van der Waals surface area contributed by atoms with Crippen LogP contribution >= 0.6 is 0 Å². The van der Waals surface area contributed by atoms with Gasteiger partial charge in [-0.3, -0.25) is 9.59 Å². The Balaban J connectivity index is 1.34.